The fourth-order valence-corrected chi connectivity index (χ4v) is 2.38. The van der Waals surface area contributed by atoms with Crippen LogP contribution in [0.25, 0.3) is 0 Å². The van der Waals surface area contributed by atoms with E-state index in [1.54, 1.807) is 3.96 Å². The summed E-state index contributed by atoms with van der Waals surface area (Å²) in [5.41, 5.74) is 2.29. The van der Waals surface area contributed by atoms with Gasteiger partial charge in [0.05, 0.1) is 6.54 Å². The number of nitrogens with zero attached hydrogens (tertiary/aromatic N) is 1. The summed E-state index contributed by atoms with van der Waals surface area (Å²) < 4.78 is 2.18. The van der Waals surface area contributed by atoms with Crippen molar-refractivity contribution in [3.8, 4) is 0 Å². The average molecular weight is 240 g/mol. The van der Waals surface area contributed by atoms with Gasteiger partial charge in [0.25, 0.3) is 5.56 Å². The summed E-state index contributed by atoms with van der Waals surface area (Å²) in [4.78, 5) is 11.4. The van der Waals surface area contributed by atoms with Crippen LogP contribution in [0.15, 0.2) is 35.1 Å². The van der Waals surface area contributed by atoms with Crippen molar-refractivity contribution in [2.75, 3.05) is 0 Å². The Balaban J connectivity index is 2.25. The molecule has 4 heteroatoms. The quantitative estimate of drug-likeness (QED) is 0.790. The van der Waals surface area contributed by atoms with Crippen molar-refractivity contribution in [3.63, 3.8) is 0 Å². The summed E-state index contributed by atoms with van der Waals surface area (Å²) in [6.45, 7) is 2.63. The van der Waals surface area contributed by atoms with Crippen LogP contribution in [0.1, 0.15) is 11.1 Å². The Morgan fingerprint density at radius 2 is 2.00 bits per heavy atom. The third kappa shape index (κ3) is 2.49. The lowest BCUT2D eigenvalue weighted by Crippen LogP contribution is -2.12. The maximum absolute atomic E-state index is 11.4. The molecule has 15 heavy (non-hydrogen) atoms. The third-order valence-electron chi connectivity index (χ3n) is 2.13. The highest BCUT2D eigenvalue weighted by atomic mass is 35.5. The van der Waals surface area contributed by atoms with E-state index < -0.39 is 0 Å². The molecule has 0 radical (unpaired) electrons. The molecule has 0 saturated heterocycles. The maximum atomic E-state index is 11.4. The predicted octanol–water partition coefficient (Wildman–Crippen LogP) is 2.92. The van der Waals surface area contributed by atoms with Crippen molar-refractivity contribution in [3.05, 3.63) is 56.1 Å². The molecular weight excluding hydrogens is 230 g/mol. The van der Waals surface area contributed by atoms with E-state index in [9.17, 15) is 4.79 Å². The molecule has 0 aliphatic carbocycles. The lowest BCUT2D eigenvalue weighted by Gasteiger charge is -2.01. The van der Waals surface area contributed by atoms with Crippen LogP contribution in [0.5, 0.6) is 0 Å². The second-order valence-electron chi connectivity index (χ2n) is 3.40. The molecule has 2 nitrogen and oxygen atoms in total. The van der Waals surface area contributed by atoms with Crippen LogP contribution in [-0.4, -0.2) is 3.96 Å². The van der Waals surface area contributed by atoms with Gasteiger partial charge in [-0.2, -0.15) is 0 Å². The number of aromatic nitrogens is 1. The molecule has 0 amide bonds. The topological polar surface area (TPSA) is 22.0 Å². The van der Waals surface area contributed by atoms with Crippen molar-refractivity contribution in [1.82, 2.24) is 3.96 Å². The summed E-state index contributed by atoms with van der Waals surface area (Å²) in [5.74, 6) is 0. The summed E-state index contributed by atoms with van der Waals surface area (Å²) >= 11 is 7.04. The Hall–Kier alpha value is -1.06. The van der Waals surface area contributed by atoms with Gasteiger partial charge >= 0.3 is 0 Å². The first-order valence-electron chi connectivity index (χ1n) is 4.57. The lowest BCUT2D eigenvalue weighted by atomic mass is 10.1. The number of halogens is 1. The zero-order valence-electron chi connectivity index (χ0n) is 8.24. The highest BCUT2D eigenvalue weighted by molar-refractivity contribution is 7.11. The third-order valence-corrected chi connectivity index (χ3v) is 3.26. The van der Waals surface area contributed by atoms with Crippen LogP contribution in [0, 0.1) is 6.92 Å². The highest BCUT2D eigenvalue weighted by Gasteiger charge is 2.02. The van der Waals surface area contributed by atoms with Gasteiger partial charge in [-0.1, -0.05) is 41.4 Å². The van der Waals surface area contributed by atoms with Crippen LogP contribution in [-0.2, 0) is 6.54 Å². The first kappa shape index (κ1) is 10.5. The van der Waals surface area contributed by atoms with Crippen molar-refractivity contribution >= 4 is 23.1 Å². The Bertz CT molecular complexity index is 512. The van der Waals surface area contributed by atoms with Crippen LogP contribution in [0.4, 0.5) is 0 Å². The monoisotopic (exact) mass is 239 g/mol. The highest BCUT2D eigenvalue weighted by Crippen LogP contribution is 2.14. The van der Waals surface area contributed by atoms with Gasteiger partial charge < -0.3 is 0 Å². The average Bonchev–Trinajstić information content (AvgIpc) is 2.49. The van der Waals surface area contributed by atoms with E-state index in [0.29, 0.717) is 10.9 Å². The van der Waals surface area contributed by atoms with E-state index in [0.717, 1.165) is 5.56 Å². The van der Waals surface area contributed by atoms with Crippen LogP contribution in [0.2, 0.25) is 4.34 Å². The molecule has 0 spiro atoms. The summed E-state index contributed by atoms with van der Waals surface area (Å²) in [7, 11) is 0. The molecule has 0 N–H and O–H groups in total. The molecule has 0 aliphatic heterocycles. The number of benzene rings is 1. The van der Waals surface area contributed by atoms with Crippen LogP contribution < -0.4 is 5.56 Å². The molecule has 0 fully saturated rings. The number of hydrogen-bond acceptors (Lipinski definition) is 2. The largest absolute Gasteiger partial charge is 0.268 e. The zero-order valence-corrected chi connectivity index (χ0v) is 9.81. The summed E-state index contributed by atoms with van der Waals surface area (Å²) in [5, 5.41) is 0. The van der Waals surface area contributed by atoms with Crippen LogP contribution in [0.3, 0.4) is 0 Å². The van der Waals surface area contributed by atoms with E-state index in [1.807, 2.05) is 31.2 Å². The smallest absolute Gasteiger partial charge is 0.262 e. The van der Waals surface area contributed by atoms with E-state index in [2.05, 4.69) is 0 Å². The minimum absolute atomic E-state index is 0.0365. The Morgan fingerprint density at radius 1 is 1.33 bits per heavy atom. The first-order valence-corrected chi connectivity index (χ1v) is 5.72. The predicted molar refractivity (Wildman–Crippen MR) is 63.9 cm³/mol. The standard InChI is InChI=1S/C11H10ClNOS/c1-8-2-4-9(5-3-8)7-13-11(14)6-10(12)15-13/h2-6H,7H2,1H3. The molecule has 78 valence electrons. The molecule has 2 aromatic rings. The van der Waals surface area contributed by atoms with Crippen molar-refractivity contribution in [2.24, 2.45) is 0 Å². The van der Waals surface area contributed by atoms with Crippen molar-refractivity contribution < 1.29 is 0 Å². The zero-order chi connectivity index (χ0) is 10.8. The van der Waals surface area contributed by atoms with E-state index in [-0.39, 0.29) is 5.56 Å². The van der Waals surface area contributed by atoms with Gasteiger partial charge in [-0.15, -0.1) is 0 Å². The molecule has 0 aliphatic rings. The second-order valence-corrected chi connectivity index (χ2v) is 5.09. The SMILES string of the molecule is Cc1ccc(Cn2sc(Cl)cc2=O)cc1. The van der Waals surface area contributed by atoms with E-state index in [4.69, 9.17) is 11.6 Å². The number of hydrogen-bond donors (Lipinski definition) is 0. The van der Waals surface area contributed by atoms with Crippen molar-refractivity contribution in [1.29, 1.82) is 0 Å². The van der Waals surface area contributed by atoms with E-state index >= 15 is 0 Å². The van der Waals surface area contributed by atoms with Crippen LogP contribution >= 0.6 is 23.1 Å². The fraction of sp³-hybridized carbons (Fsp3) is 0.182. The Labute approximate surface area is 96.9 Å². The first-order chi connectivity index (χ1) is 7.15. The van der Waals surface area contributed by atoms with Crippen molar-refractivity contribution in [2.45, 2.75) is 13.5 Å². The Morgan fingerprint density at radius 3 is 2.53 bits per heavy atom. The van der Waals surface area contributed by atoms with Gasteiger partial charge in [-0.3, -0.25) is 8.75 Å². The lowest BCUT2D eigenvalue weighted by molar-refractivity contribution is 0.849. The molecule has 0 unspecified atom stereocenters. The fourth-order valence-electron chi connectivity index (χ4n) is 1.32. The minimum Gasteiger partial charge on any atom is -0.268 e. The molecule has 0 atom stereocenters. The van der Waals surface area contributed by atoms with Gasteiger partial charge in [0.15, 0.2) is 0 Å². The van der Waals surface area contributed by atoms with Gasteiger partial charge in [0.1, 0.15) is 4.34 Å². The van der Waals surface area contributed by atoms with Gasteiger partial charge in [0, 0.05) is 6.07 Å². The second kappa shape index (κ2) is 4.21. The Kier molecular flexibility index (Phi) is 2.93. The molecular formula is C11H10ClNOS. The normalized spacial score (nSPS) is 10.5. The van der Waals surface area contributed by atoms with Gasteiger partial charge in [-0.05, 0) is 24.0 Å². The molecule has 0 saturated carbocycles. The molecule has 1 aromatic carbocycles. The van der Waals surface area contributed by atoms with Gasteiger partial charge in [0.2, 0.25) is 0 Å². The molecule has 1 heterocycles. The summed E-state index contributed by atoms with van der Waals surface area (Å²) in [6.07, 6.45) is 0. The molecule has 1 aromatic heterocycles. The number of aryl methyl sites for hydroxylation is 1. The maximum Gasteiger partial charge on any atom is 0.262 e. The minimum atomic E-state index is -0.0365. The molecule has 0 bridgehead atoms. The molecule has 2 rings (SSSR count). The van der Waals surface area contributed by atoms with Gasteiger partial charge in [-0.25, -0.2) is 0 Å². The number of rotatable bonds is 2. The van der Waals surface area contributed by atoms with E-state index in [1.165, 1.54) is 23.2 Å². The summed E-state index contributed by atoms with van der Waals surface area (Å²) in [6, 6.07) is 9.57.